The molecule has 13 heavy (non-hydrogen) atoms. The molecule has 0 aliphatic carbocycles. The van der Waals surface area contributed by atoms with Gasteiger partial charge in [0.1, 0.15) is 0 Å². The molecular weight excluding hydrogens is 162 g/mol. The number of hydrogen-bond acceptors (Lipinski definition) is 3. The quantitative estimate of drug-likeness (QED) is 0.702. The lowest BCUT2D eigenvalue weighted by Gasteiger charge is -2.31. The number of nitriles is 1. The summed E-state index contributed by atoms with van der Waals surface area (Å²) in [5.41, 5.74) is 0. The summed E-state index contributed by atoms with van der Waals surface area (Å²) in [6, 6.07) is 3.29. The molecule has 1 fully saturated rings. The van der Waals surface area contributed by atoms with Gasteiger partial charge in [-0.25, -0.2) is 0 Å². The van der Waals surface area contributed by atoms with E-state index >= 15 is 0 Å². The minimum absolute atomic E-state index is 0.403. The molecule has 3 heteroatoms. The molecule has 0 saturated carbocycles. The smallest absolute Gasteiger partial charge is 0.0638 e. The summed E-state index contributed by atoms with van der Waals surface area (Å²) in [6.45, 7) is 7.58. The molecule has 2 atom stereocenters. The molecule has 0 amide bonds. The van der Waals surface area contributed by atoms with Gasteiger partial charge in [-0.2, -0.15) is 5.26 Å². The van der Waals surface area contributed by atoms with Gasteiger partial charge < -0.3 is 5.32 Å². The number of rotatable bonds is 4. The first kappa shape index (κ1) is 10.5. The van der Waals surface area contributed by atoms with Gasteiger partial charge in [0.05, 0.1) is 12.5 Å². The highest BCUT2D eigenvalue weighted by molar-refractivity contribution is 4.87. The predicted octanol–water partition coefficient (Wildman–Crippen LogP) is 0.972. The Balaban J connectivity index is 2.45. The van der Waals surface area contributed by atoms with Gasteiger partial charge in [0, 0.05) is 18.6 Å². The first-order chi connectivity index (χ1) is 6.29. The van der Waals surface area contributed by atoms with E-state index in [0.717, 1.165) is 19.6 Å². The maximum Gasteiger partial charge on any atom is 0.0638 e. The van der Waals surface area contributed by atoms with Crippen molar-refractivity contribution in [3.63, 3.8) is 0 Å². The number of nitrogens with one attached hydrogen (secondary N) is 1. The van der Waals surface area contributed by atoms with Gasteiger partial charge in [0.2, 0.25) is 0 Å². The zero-order valence-electron chi connectivity index (χ0n) is 8.58. The highest BCUT2D eigenvalue weighted by Crippen LogP contribution is 2.13. The Labute approximate surface area is 80.7 Å². The highest BCUT2D eigenvalue weighted by Gasteiger charge is 2.24. The van der Waals surface area contributed by atoms with Gasteiger partial charge in [-0.05, 0) is 26.4 Å². The van der Waals surface area contributed by atoms with E-state index in [0.29, 0.717) is 18.5 Å². The van der Waals surface area contributed by atoms with Crippen molar-refractivity contribution in [1.82, 2.24) is 10.2 Å². The SMILES string of the molecule is CCN(C(C)CC#N)C1CCNC1. The van der Waals surface area contributed by atoms with Crippen molar-refractivity contribution in [2.75, 3.05) is 19.6 Å². The number of hydrogen-bond donors (Lipinski definition) is 1. The third-order valence-corrected chi connectivity index (χ3v) is 2.82. The van der Waals surface area contributed by atoms with Crippen LogP contribution >= 0.6 is 0 Å². The largest absolute Gasteiger partial charge is 0.315 e. The van der Waals surface area contributed by atoms with E-state index < -0.39 is 0 Å². The minimum Gasteiger partial charge on any atom is -0.315 e. The molecular formula is C10H19N3. The average Bonchev–Trinajstić information content (AvgIpc) is 2.59. The molecule has 0 radical (unpaired) electrons. The van der Waals surface area contributed by atoms with Gasteiger partial charge >= 0.3 is 0 Å². The second-order valence-corrected chi connectivity index (χ2v) is 3.69. The van der Waals surface area contributed by atoms with Crippen molar-refractivity contribution in [3.8, 4) is 6.07 Å². The zero-order chi connectivity index (χ0) is 9.68. The Morgan fingerprint density at radius 1 is 1.69 bits per heavy atom. The lowest BCUT2D eigenvalue weighted by atomic mass is 10.1. The van der Waals surface area contributed by atoms with E-state index in [1.165, 1.54) is 6.42 Å². The summed E-state index contributed by atoms with van der Waals surface area (Å²) in [6.07, 6.45) is 1.87. The summed E-state index contributed by atoms with van der Waals surface area (Å²) in [7, 11) is 0. The molecule has 3 nitrogen and oxygen atoms in total. The van der Waals surface area contributed by atoms with Crippen LogP contribution in [-0.4, -0.2) is 36.6 Å². The fourth-order valence-electron chi connectivity index (χ4n) is 2.10. The van der Waals surface area contributed by atoms with Crippen molar-refractivity contribution in [2.24, 2.45) is 0 Å². The van der Waals surface area contributed by atoms with Crippen LogP contribution in [0.4, 0.5) is 0 Å². The van der Waals surface area contributed by atoms with Gasteiger partial charge in [0.15, 0.2) is 0 Å². The molecule has 1 N–H and O–H groups in total. The van der Waals surface area contributed by atoms with Crippen LogP contribution in [0.1, 0.15) is 26.7 Å². The maximum atomic E-state index is 8.63. The van der Waals surface area contributed by atoms with E-state index in [1.807, 2.05) is 0 Å². The van der Waals surface area contributed by atoms with Crippen LogP contribution < -0.4 is 5.32 Å². The van der Waals surface area contributed by atoms with Gasteiger partial charge in [-0.3, -0.25) is 4.90 Å². The third-order valence-electron chi connectivity index (χ3n) is 2.82. The maximum absolute atomic E-state index is 8.63. The Morgan fingerprint density at radius 2 is 2.46 bits per heavy atom. The van der Waals surface area contributed by atoms with E-state index in [2.05, 4.69) is 30.1 Å². The van der Waals surface area contributed by atoms with Gasteiger partial charge in [-0.15, -0.1) is 0 Å². The summed E-state index contributed by atoms with van der Waals surface area (Å²) in [5.74, 6) is 0. The van der Waals surface area contributed by atoms with E-state index in [-0.39, 0.29) is 0 Å². The Hall–Kier alpha value is -0.590. The van der Waals surface area contributed by atoms with E-state index in [1.54, 1.807) is 0 Å². The van der Waals surface area contributed by atoms with Crippen molar-refractivity contribution in [3.05, 3.63) is 0 Å². The summed E-state index contributed by atoms with van der Waals surface area (Å²) >= 11 is 0. The first-order valence-electron chi connectivity index (χ1n) is 5.13. The Morgan fingerprint density at radius 3 is 2.92 bits per heavy atom. The fourth-order valence-corrected chi connectivity index (χ4v) is 2.10. The second-order valence-electron chi connectivity index (χ2n) is 3.69. The van der Waals surface area contributed by atoms with Crippen LogP contribution in [0.5, 0.6) is 0 Å². The van der Waals surface area contributed by atoms with Crippen molar-refractivity contribution >= 4 is 0 Å². The van der Waals surface area contributed by atoms with Crippen LogP contribution in [-0.2, 0) is 0 Å². The van der Waals surface area contributed by atoms with E-state index in [4.69, 9.17) is 5.26 Å². The number of likely N-dealkylation sites (N-methyl/N-ethyl adjacent to an activating group) is 1. The molecule has 1 saturated heterocycles. The molecule has 74 valence electrons. The second kappa shape index (κ2) is 5.21. The van der Waals surface area contributed by atoms with Crippen molar-refractivity contribution < 1.29 is 0 Å². The molecule has 1 aliphatic heterocycles. The Bertz CT molecular complexity index is 179. The predicted molar refractivity (Wildman–Crippen MR) is 53.3 cm³/mol. The monoisotopic (exact) mass is 181 g/mol. The van der Waals surface area contributed by atoms with Crippen LogP contribution in [0.15, 0.2) is 0 Å². The molecule has 1 aliphatic rings. The van der Waals surface area contributed by atoms with Crippen LogP contribution in [0, 0.1) is 11.3 Å². The summed E-state index contributed by atoms with van der Waals surface area (Å²) in [4.78, 5) is 2.43. The standard InChI is InChI=1S/C10H19N3/c1-3-13(9(2)4-6-11)10-5-7-12-8-10/h9-10,12H,3-5,7-8H2,1-2H3. The summed E-state index contributed by atoms with van der Waals surface area (Å²) in [5, 5.41) is 12.0. The lowest BCUT2D eigenvalue weighted by molar-refractivity contribution is 0.164. The van der Waals surface area contributed by atoms with Gasteiger partial charge in [0.25, 0.3) is 0 Å². The molecule has 0 bridgehead atoms. The topological polar surface area (TPSA) is 39.1 Å². The van der Waals surface area contributed by atoms with Gasteiger partial charge in [-0.1, -0.05) is 6.92 Å². The molecule has 0 aromatic rings. The van der Waals surface area contributed by atoms with Crippen LogP contribution in [0.3, 0.4) is 0 Å². The molecule has 0 spiro atoms. The number of nitrogens with zero attached hydrogens (tertiary/aromatic N) is 2. The molecule has 0 aromatic heterocycles. The van der Waals surface area contributed by atoms with Crippen LogP contribution in [0.25, 0.3) is 0 Å². The molecule has 2 unspecified atom stereocenters. The van der Waals surface area contributed by atoms with Crippen LogP contribution in [0.2, 0.25) is 0 Å². The van der Waals surface area contributed by atoms with Crippen molar-refractivity contribution in [1.29, 1.82) is 5.26 Å². The molecule has 0 aromatic carbocycles. The first-order valence-corrected chi connectivity index (χ1v) is 5.13. The summed E-state index contributed by atoms with van der Waals surface area (Å²) < 4.78 is 0. The average molecular weight is 181 g/mol. The Kier molecular flexibility index (Phi) is 4.20. The minimum atomic E-state index is 0.403. The normalized spacial score (nSPS) is 24.6. The molecule has 1 rings (SSSR count). The third kappa shape index (κ3) is 2.68. The van der Waals surface area contributed by atoms with E-state index in [9.17, 15) is 0 Å². The fraction of sp³-hybridized carbons (Fsp3) is 0.900. The highest BCUT2D eigenvalue weighted by atomic mass is 15.2. The zero-order valence-corrected chi connectivity index (χ0v) is 8.58. The van der Waals surface area contributed by atoms with Crippen molar-refractivity contribution in [2.45, 2.75) is 38.8 Å². The molecule has 1 heterocycles. The lowest BCUT2D eigenvalue weighted by Crippen LogP contribution is -2.42.